The highest BCUT2D eigenvalue weighted by atomic mass is 16.5. The number of nitrogens with zero attached hydrogens (tertiary/aromatic N) is 4. The highest BCUT2D eigenvalue weighted by molar-refractivity contribution is 5.89. The molecule has 0 bridgehead atoms. The number of aromatic nitrogens is 4. The van der Waals surface area contributed by atoms with Gasteiger partial charge in [0.15, 0.2) is 6.33 Å². The van der Waals surface area contributed by atoms with Crippen LogP contribution in [0.25, 0.3) is 5.69 Å². The summed E-state index contributed by atoms with van der Waals surface area (Å²) in [6.45, 7) is 0.256. The van der Waals surface area contributed by atoms with Gasteiger partial charge in [-0.3, -0.25) is 0 Å². The largest absolute Gasteiger partial charge is 0.457 e. The summed E-state index contributed by atoms with van der Waals surface area (Å²) >= 11 is 0. The molecule has 104 valence electrons. The van der Waals surface area contributed by atoms with Gasteiger partial charge in [-0.05, 0) is 35.0 Å². The lowest BCUT2D eigenvalue weighted by Crippen LogP contribution is -2.06. The predicted molar refractivity (Wildman–Crippen MR) is 74.7 cm³/mol. The number of tetrazole rings is 1. The van der Waals surface area contributed by atoms with Crippen LogP contribution in [0.1, 0.15) is 15.9 Å². The maximum atomic E-state index is 11.9. The molecule has 21 heavy (non-hydrogen) atoms. The van der Waals surface area contributed by atoms with E-state index in [1.807, 2.05) is 30.3 Å². The Kier molecular flexibility index (Phi) is 3.68. The van der Waals surface area contributed by atoms with E-state index in [1.165, 1.54) is 11.1 Å². The molecule has 0 fully saturated rings. The first-order valence-corrected chi connectivity index (χ1v) is 6.37. The van der Waals surface area contributed by atoms with Crippen molar-refractivity contribution in [1.29, 1.82) is 0 Å². The van der Waals surface area contributed by atoms with E-state index in [1.54, 1.807) is 24.3 Å². The molecule has 0 aliphatic heterocycles. The molecule has 6 nitrogen and oxygen atoms in total. The Balaban J connectivity index is 1.65. The highest BCUT2D eigenvalue weighted by Gasteiger charge is 2.08. The molecule has 1 heterocycles. The number of ether oxygens (including phenoxy) is 1. The van der Waals surface area contributed by atoms with Crippen LogP contribution in [0.5, 0.6) is 0 Å². The fourth-order valence-corrected chi connectivity index (χ4v) is 1.82. The van der Waals surface area contributed by atoms with Gasteiger partial charge in [-0.25, -0.2) is 4.79 Å². The smallest absolute Gasteiger partial charge is 0.338 e. The zero-order valence-electron chi connectivity index (χ0n) is 11.1. The highest BCUT2D eigenvalue weighted by Crippen LogP contribution is 2.10. The molecule has 2 aromatic carbocycles. The number of esters is 1. The molecule has 0 saturated heterocycles. The average Bonchev–Trinajstić information content (AvgIpc) is 3.08. The van der Waals surface area contributed by atoms with E-state index in [4.69, 9.17) is 4.74 Å². The first-order chi connectivity index (χ1) is 10.3. The maximum absolute atomic E-state index is 11.9. The van der Waals surface area contributed by atoms with Crippen LogP contribution >= 0.6 is 0 Å². The van der Waals surface area contributed by atoms with Crippen LogP contribution in [-0.4, -0.2) is 26.2 Å². The fraction of sp³-hybridized carbons (Fsp3) is 0.0667. The monoisotopic (exact) mass is 280 g/mol. The van der Waals surface area contributed by atoms with Gasteiger partial charge >= 0.3 is 5.97 Å². The van der Waals surface area contributed by atoms with Gasteiger partial charge in [-0.15, -0.1) is 15.0 Å². The number of rotatable bonds is 4. The number of benzene rings is 2. The second-order valence-corrected chi connectivity index (χ2v) is 4.33. The van der Waals surface area contributed by atoms with E-state index in [0.717, 1.165) is 11.3 Å². The number of carbonyl (C=O) groups excluding carboxylic acids is 1. The lowest BCUT2D eigenvalue weighted by molar-refractivity contribution is 0.0472. The van der Waals surface area contributed by atoms with E-state index in [0.29, 0.717) is 5.56 Å². The summed E-state index contributed by atoms with van der Waals surface area (Å²) in [6.07, 6.45) is 1.35. The van der Waals surface area contributed by atoms with Crippen LogP contribution in [0.15, 0.2) is 60.9 Å². The Hall–Kier alpha value is -3.02. The van der Waals surface area contributed by atoms with Gasteiger partial charge in [0.05, 0.1) is 11.3 Å². The maximum Gasteiger partial charge on any atom is 0.338 e. The van der Waals surface area contributed by atoms with Crippen LogP contribution in [0, 0.1) is 0 Å². The van der Waals surface area contributed by atoms with E-state index in [-0.39, 0.29) is 12.6 Å². The summed E-state index contributed by atoms with van der Waals surface area (Å²) in [6, 6.07) is 16.4. The molecular weight excluding hydrogens is 268 g/mol. The van der Waals surface area contributed by atoms with Gasteiger partial charge in [0.1, 0.15) is 6.61 Å². The third kappa shape index (κ3) is 3.11. The molecule has 0 amide bonds. The van der Waals surface area contributed by atoms with Crippen LogP contribution in [0.3, 0.4) is 0 Å². The summed E-state index contributed by atoms with van der Waals surface area (Å²) < 4.78 is 5.26. The topological polar surface area (TPSA) is 69.9 Å². The molecule has 0 spiro atoms. The molecule has 0 aliphatic rings. The zero-order valence-corrected chi connectivity index (χ0v) is 11.1. The van der Waals surface area contributed by atoms with Crippen LogP contribution in [-0.2, 0) is 11.3 Å². The van der Waals surface area contributed by atoms with Crippen molar-refractivity contribution in [2.75, 3.05) is 0 Å². The Morgan fingerprint density at radius 1 is 1.05 bits per heavy atom. The van der Waals surface area contributed by atoms with E-state index >= 15 is 0 Å². The van der Waals surface area contributed by atoms with Crippen molar-refractivity contribution < 1.29 is 9.53 Å². The van der Waals surface area contributed by atoms with Gasteiger partial charge in [-0.1, -0.05) is 30.3 Å². The Morgan fingerprint density at radius 3 is 2.48 bits per heavy atom. The molecule has 6 heteroatoms. The summed E-state index contributed by atoms with van der Waals surface area (Å²) in [4.78, 5) is 13.3. The second kappa shape index (κ2) is 5.96. The molecule has 0 N–H and O–H groups in total. The van der Waals surface area contributed by atoms with Crippen LogP contribution < -0.4 is 0 Å². The molecular formula is C15H12N4O2. The normalized spacial score (nSPS) is 10.3. The lowest BCUT2D eigenvalue weighted by Gasteiger charge is -2.05. The van der Waals surface area contributed by atoms with Crippen molar-refractivity contribution in [3.05, 3.63) is 72.1 Å². The third-order valence-corrected chi connectivity index (χ3v) is 2.90. The SMILES string of the molecule is O=C(OCc1ccccc1)c1ccc(-n2ncnn2)cc1. The number of carbonyl (C=O) groups is 1. The summed E-state index contributed by atoms with van der Waals surface area (Å²) in [5, 5.41) is 11.3. The zero-order chi connectivity index (χ0) is 14.5. The van der Waals surface area contributed by atoms with Gasteiger partial charge in [0.25, 0.3) is 0 Å². The predicted octanol–water partition coefficient (Wildman–Crippen LogP) is 2.02. The molecule has 0 radical (unpaired) electrons. The van der Waals surface area contributed by atoms with Crippen molar-refractivity contribution in [1.82, 2.24) is 20.2 Å². The quantitative estimate of drug-likeness (QED) is 0.684. The molecule has 0 atom stereocenters. The molecule has 0 aliphatic carbocycles. The summed E-state index contributed by atoms with van der Waals surface area (Å²) in [7, 11) is 0. The van der Waals surface area contributed by atoms with Crippen molar-refractivity contribution in [3.8, 4) is 5.69 Å². The minimum absolute atomic E-state index is 0.256. The second-order valence-electron chi connectivity index (χ2n) is 4.33. The van der Waals surface area contributed by atoms with Crippen LogP contribution in [0.2, 0.25) is 0 Å². The Morgan fingerprint density at radius 2 is 1.81 bits per heavy atom. The van der Waals surface area contributed by atoms with Gasteiger partial charge in [0, 0.05) is 0 Å². The standard InChI is InChI=1S/C15H12N4O2/c20-15(21-10-12-4-2-1-3-5-12)13-6-8-14(9-7-13)19-17-11-16-18-19/h1-9,11H,10H2. The van der Waals surface area contributed by atoms with E-state index in [9.17, 15) is 4.79 Å². The van der Waals surface area contributed by atoms with Crippen molar-refractivity contribution in [2.24, 2.45) is 0 Å². The molecule has 1 aromatic heterocycles. The molecule has 0 saturated carbocycles. The van der Waals surface area contributed by atoms with Crippen molar-refractivity contribution in [3.63, 3.8) is 0 Å². The van der Waals surface area contributed by atoms with Gasteiger partial charge in [0.2, 0.25) is 0 Å². The van der Waals surface area contributed by atoms with Crippen LogP contribution in [0.4, 0.5) is 0 Å². The van der Waals surface area contributed by atoms with E-state index < -0.39 is 0 Å². The number of hydrogen-bond acceptors (Lipinski definition) is 5. The molecule has 0 unspecified atom stereocenters. The minimum Gasteiger partial charge on any atom is -0.457 e. The van der Waals surface area contributed by atoms with Gasteiger partial charge in [-0.2, -0.15) is 0 Å². The van der Waals surface area contributed by atoms with Gasteiger partial charge < -0.3 is 4.74 Å². The lowest BCUT2D eigenvalue weighted by atomic mass is 10.2. The Bertz CT molecular complexity index is 709. The average molecular weight is 280 g/mol. The minimum atomic E-state index is -0.364. The fourth-order valence-electron chi connectivity index (χ4n) is 1.82. The first-order valence-electron chi connectivity index (χ1n) is 6.37. The first kappa shape index (κ1) is 13.0. The third-order valence-electron chi connectivity index (χ3n) is 2.90. The molecule has 3 aromatic rings. The molecule has 3 rings (SSSR count). The summed E-state index contributed by atoms with van der Waals surface area (Å²) in [5.74, 6) is -0.364. The number of hydrogen-bond donors (Lipinski definition) is 0. The summed E-state index contributed by atoms with van der Waals surface area (Å²) in [5.41, 5.74) is 2.16. The van der Waals surface area contributed by atoms with E-state index in [2.05, 4.69) is 15.4 Å². The van der Waals surface area contributed by atoms with Crippen molar-refractivity contribution in [2.45, 2.75) is 6.61 Å². The Labute approximate surface area is 121 Å². The van der Waals surface area contributed by atoms with Crippen molar-refractivity contribution >= 4 is 5.97 Å².